The van der Waals surface area contributed by atoms with Gasteiger partial charge in [0, 0.05) is 17.6 Å². The lowest BCUT2D eigenvalue weighted by Gasteiger charge is -2.20. The molecule has 1 aromatic rings. The number of benzene rings is 1. The van der Waals surface area contributed by atoms with Crippen molar-refractivity contribution in [3.8, 4) is 5.75 Å². The number of nitrogens with one attached hydrogen (secondary N) is 1. The summed E-state index contributed by atoms with van der Waals surface area (Å²) in [6, 6.07) is 4.13. The van der Waals surface area contributed by atoms with Gasteiger partial charge in [0.2, 0.25) is 0 Å². The summed E-state index contributed by atoms with van der Waals surface area (Å²) in [4.78, 5) is 0. The van der Waals surface area contributed by atoms with Crippen molar-refractivity contribution in [2.24, 2.45) is 0 Å². The SMILES string of the molecule is C=CCC(C)NC(C)c1cc(F)ccc1O. The molecule has 0 saturated heterocycles. The minimum Gasteiger partial charge on any atom is -0.508 e. The van der Waals surface area contributed by atoms with Crippen molar-refractivity contribution in [3.05, 3.63) is 42.2 Å². The fourth-order valence-corrected chi connectivity index (χ4v) is 1.71. The van der Waals surface area contributed by atoms with Crippen LogP contribution in [0.1, 0.15) is 31.9 Å². The van der Waals surface area contributed by atoms with Gasteiger partial charge in [0.15, 0.2) is 0 Å². The van der Waals surface area contributed by atoms with Crippen molar-refractivity contribution in [3.63, 3.8) is 0 Å². The molecular formula is C13H18FNO. The molecule has 0 spiro atoms. The summed E-state index contributed by atoms with van der Waals surface area (Å²) in [5.41, 5.74) is 0.580. The third-order valence-electron chi connectivity index (χ3n) is 2.51. The highest BCUT2D eigenvalue weighted by Crippen LogP contribution is 2.25. The van der Waals surface area contributed by atoms with Gasteiger partial charge in [0.05, 0.1) is 0 Å². The molecule has 2 atom stereocenters. The molecule has 2 unspecified atom stereocenters. The van der Waals surface area contributed by atoms with Gasteiger partial charge in [-0.05, 0) is 38.5 Å². The number of halogens is 1. The van der Waals surface area contributed by atoms with E-state index in [-0.39, 0.29) is 23.7 Å². The quantitative estimate of drug-likeness (QED) is 0.751. The Morgan fingerprint density at radius 2 is 2.19 bits per heavy atom. The maximum absolute atomic E-state index is 13.0. The van der Waals surface area contributed by atoms with Crippen molar-refractivity contribution in [1.82, 2.24) is 5.32 Å². The maximum atomic E-state index is 13.0. The molecule has 0 aliphatic carbocycles. The lowest BCUT2D eigenvalue weighted by molar-refractivity contribution is 0.432. The number of aromatic hydroxyl groups is 1. The minimum atomic E-state index is -0.335. The Morgan fingerprint density at radius 1 is 1.50 bits per heavy atom. The molecule has 3 heteroatoms. The van der Waals surface area contributed by atoms with Crippen LogP contribution in [-0.2, 0) is 0 Å². The van der Waals surface area contributed by atoms with Crippen LogP contribution in [0.4, 0.5) is 4.39 Å². The fourth-order valence-electron chi connectivity index (χ4n) is 1.71. The highest BCUT2D eigenvalue weighted by atomic mass is 19.1. The van der Waals surface area contributed by atoms with Crippen LogP contribution in [0.5, 0.6) is 5.75 Å². The summed E-state index contributed by atoms with van der Waals surface area (Å²) in [7, 11) is 0. The zero-order chi connectivity index (χ0) is 12.1. The number of rotatable bonds is 5. The van der Waals surface area contributed by atoms with E-state index in [9.17, 15) is 9.50 Å². The monoisotopic (exact) mass is 223 g/mol. The van der Waals surface area contributed by atoms with Gasteiger partial charge in [0.25, 0.3) is 0 Å². The summed E-state index contributed by atoms with van der Waals surface area (Å²) in [6.45, 7) is 7.58. The lowest BCUT2D eigenvalue weighted by atomic mass is 10.1. The minimum absolute atomic E-state index is 0.0920. The van der Waals surface area contributed by atoms with Gasteiger partial charge >= 0.3 is 0 Å². The zero-order valence-electron chi connectivity index (χ0n) is 9.70. The van der Waals surface area contributed by atoms with E-state index in [1.165, 1.54) is 18.2 Å². The van der Waals surface area contributed by atoms with Crippen LogP contribution >= 0.6 is 0 Å². The van der Waals surface area contributed by atoms with Gasteiger partial charge in [0.1, 0.15) is 11.6 Å². The van der Waals surface area contributed by atoms with Crippen LogP contribution in [0.25, 0.3) is 0 Å². The molecule has 0 aliphatic rings. The summed E-state index contributed by atoms with van der Waals surface area (Å²) in [6.07, 6.45) is 2.66. The second-order valence-electron chi connectivity index (χ2n) is 4.02. The first-order chi connectivity index (χ1) is 7.54. The molecule has 0 aliphatic heterocycles. The number of hydrogen-bond donors (Lipinski definition) is 2. The predicted octanol–water partition coefficient (Wildman–Crippen LogP) is 3.15. The van der Waals surface area contributed by atoms with Crippen molar-refractivity contribution in [2.45, 2.75) is 32.4 Å². The van der Waals surface area contributed by atoms with Crippen LogP contribution in [0.2, 0.25) is 0 Å². The van der Waals surface area contributed by atoms with E-state index in [1.54, 1.807) is 0 Å². The predicted molar refractivity (Wildman–Crippen MR) is 63.9 cm³/mol. The Morgan fingerprint density at radius 3 is 2.81 bits per heavy atom. The molecular weight excluding hydrogens is 205 g/mol. The average molecular weight is 223 g/mol. The number of phenols is 1. The van der Waals surface area contributed by atoms with E-state index in [1.807, 2.05) is 19.9 Å². The topological polar surface area (TPSA) is 32.3 Å². The van der Waals surface area contributed by atoms with Gasteiger partial charge in [-0.15, -0.1) is 6.58 Å². The lowest BCUT2D eigenvalue weighted by Crippen LogP contribution is -2.28. The van der Waals surface area contributed by atoms with Crippen LogP contribution in [-0.4, -0.2) is 11.1 Å². The Bertz CT molecular complexity index is 365. The standard InChI is InChI=1S/C13H18FNO/c1-4-5-9(2)15-10(3)12-8-11(14)6-7-13(12)16/h4,6-10,15-16H,1,5H2,2-3H3. The summed E-state index contributed by atoms with van der Waals surface area (Å²) < 4.78 is 13.0. The van der Waals surface area contributed by atoms with E-state index >= 15 is 0 Å². The molecule has 2 N–H and O–H groups in total. The Labute approximate surface area is 95.8 Å². The molecule has 0 saturated carbocycles. The normalized spacial score (nSPS) is 14.4. The number of phenolic OH excluding ortho intramolecular Hbond substituents is 1. The third kappa shape index (κ3) is 3.35. The van der Waals surface area contributed by atoms with E-state index in [4.69, 9.17) is 0 Å². The highest BCUT2D eigenvalue weighted by Gasteiger charge is 2.13. The van der Waals surface area contributed by atoms with Gasteiger partial charge in [-0.3, -0.25) is 0 Å². The van der Waals surface area contributed by atoms with Crippen LogP contribution in [0.3, 0.4) is 0 Å². The van der Waals surface area contributed by atoms with Crippen LogP contribution in [0.15, 0.2) is 30.9 Å². The molecule has 0 amide bonds. The second kappa shape index (κ2) is 5.66. The molecule has 0 fully saturated rings. The van der Waals surface area contributed by atoms with Crippen molar-refractivity contribution < 1.29 is 9.50 Å². The first kappa shape index (κ1) is 12.7. The van der Waals surface area contributed by atoms with Gasteiger partial charge in [-0.25, -0.2) is 4.39 Å². The highest BCUT2D eigenvalue weighted by molar-refractivity contribution is 5.34. The van der Waals surface area contributed by atoms with E-state index in [2.05, 4.69) is 11.9 Å². The largest absolute Gasteiger partial charge is 0.508 e. The molecule has 88 valence electrons. The Kier molecular flexibility index (Phi) is 4.50. The molecule has 0 bridgehead atoms. The van der Waals surface area contributed by atoms with Crippen molar-refractivity contribution in [1.29, 1.82) is 0 Å². The van der Waals surface area contributed by atoms with E-state index in [0.29, 0.717) is 5.56 Å². The molecule has 1 rings (SSSR count). The Balaban J connectivity index is 2.75. The molecule has 0 heterocycles. The van der Waals surface area contributed by atoms with Crippen LogP contribution in [0, 0.1) is 5.82 Å². The van der Waals surface area contributed by atoms with Gasteiger partial charge < -0.3 is 10.4 Å². The van der Waals surface area contributed by atoms with E-state index < -0.39 is 0 Å². The molecule has 1 aromatic carbocycles. The smallest absolute Gasteiger partial charge is 0.123 e. The number of hydrogen-bond acceptors (Lipinski definition) is 2. The van der Waals surface area contributed by atoms with Crippen molar-refractivity contribution >= 4 is 0 Å². The molecule has 0 aromatic heterocycles. The molecule has 16 heavy (non-hydrogen) atoms. The zero-order valence-corrected chi connectivity index (χ0v) is 9.70. The summed E-state index contributed by atoms with van der Waals surface area (Å²) in [5, 5.41) is 12.9. The first-order valence-electron chi connectivity index (χ1n) is 5.40. The maximum Gasteiger partial charge on any atom is 0.123 e. The van der Waals surface area contributed by atoms with Crippen LogP contribution < -0.4 is 5.32 Å². The van der Waals surface area contributed by atoms with E-state index in [0.717, 1.165) is 6.42 Å². The summed E-state index contributed by atoms with van der Waals surface area (Å²) in [5.74, 6) is -0.218. The fraction of sp³-hybridized carbons (Fsp3) is 0.385. The summed E-state index contributed by atoms with van der Waals surface area (Å²) >= 11 is 0. The van der Waals surface area contributed by atoms with Gasteiger partial charge in [-0.2, -0.15) is 0 Å². The molecule has 0 radical (unpaired) electrons. The van der Waals surface area contributed by atoms with Crippen molar-refractivity contribution in [2.75, 3.05) is 0 Å². The second-order valence-corrected chi connectivity index (χ2v) is 4.02. The van der Waals surface area contributed by atoms with Gasteiger partial charge in [-0.1, -0.05) is 6.08 Å². The molecule has 2 nitrogen and oxygen atoms in total. The first-order valence-corrected chi connectivity index (χ1v) is 5.40. The average Bonchev–Trinajstić information content (AvgIpc) is 2.21. The Hall–Kier alpha value is -1.35. The third-order valence-corrected chi connectivity index (χ3v) is 2.51.